The number of hydrogen-bond acceptors (Lipinski definition) is 12. The lowest BCUT2D eigenvalue weighted by Crippen LogP contribution is -2.22. The van der Waals surface area contributed by atoms with Crippen LogP contribution in [0.15, 0.2) is 72.8 Å². The van der Waals surface area contributed by atoms with Gasteiger partial charge in [-0.3, -0.25) is 0 Å². The maximum Gasteiger partial charge on any atom is 0.608 e. The van der Waals surface area contributed by atoms with E-state index in [9.17, 15) is 41.9 Å². The summed E-state index contributed by atoms with van der Waals surface area (Å²) in [5, 5.41) is 0. The van der Waals surface area contributed by atoms with E-state index in [0.717, 1.165) is 96.1 Å². The van der Waals surface area contributed by atoms with Gasteiger partial charge in [0.05, 0.1) is 0 Å². The first-order chi connectivity index (χ1) is 42.9. The van der Waals surface area contributed by atoms with E-state index in [1.54, 1.807) is 39.9 Å². The molecule has 18 nitrogen and oxygen atoms in total. The molecule has 0 radical (unpaired) electrons. The van der Waals surface area contributed by atoms with E-state index in [0.29, 0.717) is 44.8 Å². The molecule has 0 bridgehead atoms. The first-order valence-corrected chi connectivity index (χ1v) is 29.7. The summed E-state index contributed by atoms with van der Waals surface area (Å²) in [4.78, 5) is 69.0. The molecule has 0 spiro atoms. The molecular formula is C71H79F3N6O12+6. The first-order valence-electron chi connectivity index (χ1n) is 29.7. The van der Waals surface area contributed by atoms with Gasteiger partial charge in [-0.05, 0) is 150 Å². The second kappa shape index (κ2) is 27.6. The number of alkyl halides is 3. The Labute approximate surface area is 533 Å². The van der Waals surface area contributed by atoms with Crippen molar-refractivity contribution in [3.63, 3.8) is 0 Å². The number of ether oxygens (including phenoxy) is 6. The van der Waals surface area contributed by atoms with E-state index in [-0.39, 0.29) is 47.4 Å². The number of amides is 6. The molecule has 6 aliphatic rings. The average molecular weight is 1270 g/mol. The predicted octanol–water partition coefficient (Wildman–Crippen LogP) is 17.5. The fourth-order valence-electron chi connectivity index (χ4n) is 10.7. The number of nitrogens with zero attached hydrogens (tertiary/aromatic N) is 6. The maximum atomic E-state index is 12.3. The van der Waals surface area contributed by atoms with Gasteiger partial charge in [0.1, 0.15) is 6.72 Å². The molecule has 6 heterocycles. The third-order valence-electron chi connectivity index (χ3n) is 14.2. The van der Waals surface area contributed by atoms with Gasteiger partial charge >= 0.3 is 42.7 Å². The van der Waals surface area contributed by atoms with E-state index in [1.165, 1.54) is 15.2 Å². The Morgan fingerprint density at radius 2 is 0.663 bits per heavy atom. The number of rotatable bonds is 2. The van der Waals surface area contributed by atoms with Gasteiger partial charge < -0.3 is 28.4 Å². The Balaban J connectivity index is 0.000000157. The predicted molar refractivity (Wildman–Crippen MR) is 345 cm³/mol. The van der Waals surface area contributed by atoms with Crippen molar-refractivity contribution in [1.82, 2.24) is 0 Å². The van der Waals surface area contributed by atoms with Gasteiger partial charge in [0.2, 0.25) is 34.5 Å². The fourth-order valence-corrected chi connectivity index (χ4v) is 10.7. The van der Waals surface area contributed by atoms with Gasteiger partial charge in [0.25, 0.3) is 40.3 Å². The van der Waals surface area contributed by atoms with Crippen molar-refractivity contribution in [2.24, 2.45) is 11.3 Å². The molecule has 6 amide bonds. The van der Waals surface area contributed by atoms with Crippen molar-refractivity contribution in [2.45, 2.75) is 144 Å². The highest BCUT2D eigenvalue weighted by Crippen LogP contribution is 2.43. The van der Waals surface area contributed by atoms with Gasteiger partial charge in [-0.25, -0.2) is 0 Å². The van der Waals surface area contributed by atoms with Gasteiger partial charge in [0, 0.05) is 61.1 Å². The second-order valence-electron chi connectivity index (χ2n) is 24.5. The highest BCUT2D eigenvalue weighted by atomic mass is 19.4. The van der Waals surface area contributed by atoms with Crippen LogP contribution in [0.4, 0.5) is 76.1 Å². The Kier molecular flexibility index (Phi) is 20.8. The minimum Gasteiger partial charge on any atom is -0.365 e. The van der Waals surface area contributed by atoms with Crippen LogP contribution in [0, 0.1) is 94.4 Å². The molecule has 0 saturated heterocycles. The van der Waals surface area contributed by atoms with Crippen molar-refractivity contribution in [2.75, 3.05) is 0 Å². The highest BCUT2D eigenvalue weighted by Gasteiger charge is 2.45. The molecule has 21 heteroatoms. The lowest BCUT2D eigenvalue weighted by Gasteiger charge is -2.06. The maximum absolute atomic E-state index is 12.3. The second-order valence-corrected chi connectivity index (χ2v) is 24.5. The van der Waals surface area contributed by atoms with Crippen LogP contribution in [0.1, 0.15) is 122 Å². The fraction of sp³-hybridized carbons (Fsp3) is 0.324. The quantitative estimate of drug-likeness (QED) is 0.150. The molecule has 480 valence electrons. The highest BCUT2D eigenvalue weighted by molar-refractivity contribution is 5.85. The monoisotopic (exact) mass is 1260 g/mol. The van der Waals surface area contributed by atoms with Gasteiger partial charge in [0.15, 0.2) is 24.9 Å². The van der Waals surface area contributed by atoms with Crippen LogP contribution in [0.2, 0.25) is 0 Å². The summed E-state index contributed by atoms with van der Waals surface area (Å²) in [7, 11) is 0. The first kappa shape index (κ1) is 69.4. The standard InChI is InChI=1S/C14H18NO2.C13H16NO2.C12H14NO2.C11H9F3NO2.C11H12NO2.C10H10NO2/c1-9-6-10(2)12-11(7-9)15(13(16)17-12)8-14(3,4)5;1-8(2)7-14-11-6-9(3)5-10(4)12(11)16-13(14)15;1-4-5-13-10-7-8(2)6-9(3)11(10)15-12(13)14;1-6-3-7(2)9-8(4-6)15(10(16)17-9)5-11(12,13)14;1-4-12-9-6-7(2)5-8(3)10(9)14-11(12)13;1-6-4-7(2)9-8(5-6)11(3)10(12)13-9/h6-8H,1-5H3;5-8H,1-4H3;5-7H,4H2,1-3H3;3-5H,1-2H3;4-6H,1-3H3;4-5H,3H2,1-2H3/q6*+1/b15-8+;14-7+;13-5+;15-5+;12-4+;. The van der Waals surface area contributed by atoms with Crippen LogP contribution in [-0.4, -0.2) is 108 Å². The summed E-state index contributed by atoms with van der Waals surface area (Å²) < 4.78 is 75.6. The van der Waals surface area contributed by atoms with E-state index in [2.05, 4.69) is 27.5 Å². The van der Waals surface area contributed by atoms with Crippen molar-refractivity contribution in [3.05, 3.63) is 140 Å². The topological polar surface area (TPSA) is 176 Å². The molecule has 0 N–H and O–H groups in total. The van der Waals surface area contributed by atoms with E-state index in [1.807, 2.05) is 176 Å². The number of aryl methyl sites for hydroxylation is 12. The summed E-state index contributed by atoms with van der Waals surface area (Å²) in [6, 6.07) is 23.0. The number of fused-ring (bicyclic) bond motifs is 6. The summed E-state index contributed by atoms with van der Waals surface area (Å²) in [5.41, 5.74) is 16.2. The van der Waals surface area contributed by atoms with E-state index >= 15 is 0 Å². The van der Waals surface area contributed by atoms with E-state index < -0.39 is 18.4 Å². The van der Waals surface area contributed by atoms with Gasteiger partial charge in [-0.2, -0.15) is 41.9 Å². The number of halogens is 3. The smallest absolute Gasteiger partial charge is 0.365 e. The molecule has 0 fully saturated rings. The third kappa shape index (κ3) is 15.9. The van der Waals surface area contributed by atoms with E-state index in [4.69, 9.17) is 28.4 Å². The Bertz CT molecular complexity index is 4180. The largest absolute Gasteiger partial charge is 0.608 e. The van der Waals surface area contributed by atoms with Crippen LogP contribution in [0.3, 0.4) is 0 Å². The molecule has 6 aromatic rings. The number of hydrogen-bond donors (Lipinski definition) is 0. The summed E-state index contributed by atoms with van der Waals surface area (Å²) >= 11 is 0. The van der Waals surface area contributed by atoms with Crippen LogP contribution >= 0.6 is 0 Å². The summed E-state index contributed by atoms with van der Waals surface area (Å²) in [5.74, 6) is 3.86. The van der Waals surface area contributed by atoms with Crippen LogP contribution in [0.5, 0.6) is 34.5 Å². The van der Waals surface area contributed by atoms with Crippen LogP contribution in [-0.2, 0) is 0 Å². The Morgan fingerprint density at radius 3 is 0.978 bits per heavy atom. The van der Waals surface area contributed by atoms with Crippen molar-refractivity contribution in [1.29, 1.82) is 0 Å². The van der Waals surface area contributed by atoms with Gasteiger partial charge in [-0.15, -0.1) is 0 Å². The summed E-state index contributed by atoms with van der Waals surface area (Å²) in [6.07, 6.45) is 0.778. The number of carbonyl (C=O) groups is 6. The van der Waals surface area contributed by atoms with Crippen LogP contribution < -0.4 is 28.4 Å². The molecule has 0 unspecified atom stereocenters. The zero-order valence-corrected chi connectivity index (χ0v) is 55.5. The number of benzene rings is 6. The minimum atomic E-state index is -4.57. The zero-order valence-electron chi connectivity index (χ0n) is 55.5. The van der Waals surface area contributed by atoms with Crippen LogP contribution in [0.25, 0.3) is 0 Å². The third-order valence-corrected chi connectivity index (χ3v) is 14.2. The summed E-state index contributed by atoms with van der Waals surface area (Å²) in [6.45, 7) is 40.8. The molecule has 0 aliphatic carbocycles. The molecule has 92 heavy (non-hydrogen) atoms. The normalized spacial score (nSPS) is 16.6. The Hall–Kier alpha value is -10.1. The van der Waals surface area contributed by atoms with Crippen molar-refractivity contribution >= 4 is 108 Å². The molecular weight excluding hydrogens is 1190 g/mol. The van der Waals surface area contributed by atoms with Crippen molar-refractivity contribution in [3.8, 4) is 34.5 Å². The lowest BCUT2D eigenvalue weighted by atomic mass is 9.99. The number of carbonyl (C=O) groups excluding carboxylic acids is 6. The Morgan fingerprint density at radius 1 is 0.402 bits per heavy atom. The zero-order chi connectivity index (χ0) is 68.3. The molecule has 6 aliphatic heterocycles. The van der Waals surface area contributed by atoms with Gasteiger partial charge in [-0.1, -0.05) is 105 Å². The SMILES string of the molecule is C/C=[N+]1/C(=O)Oc2c(C)cc(C)cc21.C=[N+]1C(=O)Oc2c(C)cc(C)cc21.CC/C=[N+]1/C(=O)Oc2c(C)cc(C)cc21.Cc1cc(C)c2c(c1)/[N+](=C\C(C)(C)C)C(=O)O2.Cc1cc(C)c2c(c1)/[N+](=C\C(C)C)C(=O)O2.Cc1cc(C)c2c(c1)/[N+](=C\C(F)(F)F)C(=O)O2. The van der Waals surface area contributed by atoms with Crippen molar-refractivity contribution < 1.29 is 97.8 Å². The lowest BCUT2D eigenvalue weighted by molar-refractivity contribution is -0.341. The minimum absolute atomic E-state index is 0.0711. The molecule has 0 atom stereocenters. The molecule has 6 aromatic carbocycles. The molecule has 0 saturated carbocycles. The molecule has 0 aromatic heterocycles. The molecule has 12 rings (SSSR count). The average Bonchev–Trinajstić information content (AvgIpc) is 1.70.